The summed E-state index contributed by atoms with van der Waals surface area (Å²) < 4.78 is 24.5. The molecule has 0 aliphatic rings. The molecule has 0 saturated carbocycles. The number of carbonyl (C=O) groups excluding carboxylic acids is 1. The van der Waals surface area contributed by atoms with Gasteiger partial charge in [0.15, 0.2) is 0 Å². The normalized spacial score (nSPS) is 11.4. The summed E-state index contributed by atoms with van der Waals surface area (Å²) in [7, 11) is -3.18. The van der Waals surface area contributed by atoms with Gasteiger partial charge in [-0.2, -0.15) is 0 Å². The van der Waals surface area contributed by atoms with E-state index in [0.717, 1.165) is 0 Å². The van der Waals surface area contributed by atoms with Crippen molar-refractivity contribution in [2.45, 2.75) is 27.2 Å². The lowest BCUT2D eigenvalue weighted by Gasteiger charge is -2.18. The molecule has 0 aliphatic heterocycles. The summed E-state index contributed by atoms with van der Waals surface area (Å²) in [4.78, 5) is 13.2. The van der Waals surface area contributed by atoms with E-state index in [2.05, 4.69) is 4.72 Å². The standard InChI is InChI=1S/C9H20N2O3S/c1-4-11(5-2)9(12)7-8-10-15(13,14)6-3/h10H,4-8H2,1-3H3. The number of amides is 1. The fourth-order valence-electron chi connectivity index (χ4n) is 1.15. The molecular formula is C9H20N2O3S. The molecule has 0 aromatic carbocycles. The van der Waals surface area contributed by atoms with Crippen molar-refractivity contribution in [1.82, 2.24) is 9.62 Å². The third-order valence-corrected chi connectivity index (χ3v) is 3.56. The van der Waals surface area contributed by atoms with Crippen LogP contribution in [0.2, 0.25) is 0 Å². The number of hydrogen-bond acceptors (Lipinski definition) is 3. The maximum absolute atomic E-state index is 11.5. The van der Waals surface area contributed by atoms with Gasteiger partial charge in [-0.05, 0) is 20.8 Å². The molecule has 0 saturated heterocycles. The van der Waals surface area contributed by atoms with E-state index in [9.17, 15) is 13.2 Å². The minimum absolute atomic E-state index is 0.0150. The number of sulfonamides is 1. The molecule has 15 heavy (non-hydrogen) atoms. The summed E-state index contributed by atoms with van der Waals surface area (Å²) in [5.41, 5.74) is 0. The van der Waals surface area contributed by atoms with Crippen LogP contribution >= 0.6 is 0 Å². The largest absolute Gasteiger partial charge is 0.343 e. The molecule has 90 valence electrons. The second-order valence-electron chi connectivity index (χ2n) is 3.11. The van der Waals surface area contributed by atoms with Gasteiger partial charge in [-0.25, -0.2) is 13.1 Å². The number of rotatable bonds is 7. The van der Waals surface area contributed by atoms with Gasteiger partial charge in [-0.3, -0.25) is 4.79 Å². The summed E-state index contributed by atoms with van der Waals surface area (Å²) >= 11 is 0. The van der Waals surface area contributed by atoms with Crippen molar-refractivity contribution in [3.63, 3.8) is 0 Å². The highest BCUT2D eigenvalue weighted by Crippen LogP contribution is 1.93. The number of carbonyl (C=O) groups is 1. The van der Waals surface area contributed by atoms with E-state index >= 15 is 0 Å². The Hall–Kier alpha value is -0.620. The van der Waals surface area contributed by atoms with Crippen molar-refractivity contribution < 1.29 is 13.2 Å². The first kappa shape index (κ1) is 14.4. The second-order valence-corrected chi connectivity index (χ2v) is 5.21. The molecule has 0 unspecified atom stereocenters. The Balaban J connectivity index is 3.92. The first-order chi connectivity index (χ1) is 6.96. The molecule has 0 aromatic rings. The van der Waals surface area contributed by atoms with Crippen LogP contribution in [0.25, 0.3) is 0 Å². The number of nitrogens with one attached hydrogen (secondary N) is 1. The fraction of sp³-hybridized carbons (Fsp3) is 0.889. The van der Waals surface area contributed by atoms with Crippen LogP contribution in [-0.4, -0.2) is 44.6 Å². The zero-order valence-electron chi connectivity index (χ0n) is 9.62. The highest BCUT2D eigenvalue weighted by Gasteiger charge is 2.11. The van der Waals surface area contributed by atoms with Crippen LogP contribution in [0.5, 0.6) is 0 Å². The first-order valence-electron chi connectivity index (χ1n) is 5.21. The predicted octanol–water partition coefficient (Wildman–Crippen LogP) is 0.184. The minimum atomic E-state index is -3.18. The topological polar surface area (TPSA) is 66.5 Å². The summed E-state index contributed by atoms with van der Waals surface area (Å²) in [6.07, 6.45) is 0.223. The van der Waals surface area contributed by atoms with Crippen molar-refractivity contribution in [2.24, 2.45) is 0 Å². The van der Waals surface area contributed by atoms with E-state index in [1.165, 1.54) is 0 Å². The van der Waals surface area contributed by atoms with Crippen LogP contribution in [-0.2, 0) is 14.8 Å². The van der Waals surface area contributed by atoms with Gasteiger partial charge >= 0.3 is 0 Å². The van der Waals surface area contributed by atoms with Crippen molar-refractivity contribution >= 4 is 15.9 Å². The van der Waals surface area contributed by atoms with E-state index in [-0.39, 0.29) is 24.6 Å². The van der Waals surface area contributed by atoms with Crippen molar-refractivity contribution in [3.8, 4) is 0 Å². The molecule has 0 rings (SSSR count). The Bertz CT molecular complexity index is 284. The first-order valence-corrected chi connectivity index (χ1v) is 6.87. The summed E-state index contributed by atoms with van der Waals surface area (Å²) in [5, 5.41) is 0. The highest BCUT2D eigenvalue weighted by molar-refractivity contribution is 7.89. The van der Waals surface area contributed by atoms with Crippen LogP contribution in [0.15, 0.2) is 0 Å². The zero-order valence-corrected chi connectivity index (χ0v) is 10.4. The highest BCUT2D eigenvalue weighted by atomic mass is 32.2. The van der Waals surface area contributed by atoms with Crippen molar-refractivity contribution in [3.05, 3.63) is 0 Å². The second kappa shape index (κ2) is 6.79. The molecule has 1 N–H and O–H groups in total. The zero-order chi connectivity index (χ0) is 11.9. The Kier molecular flexibility index (Phi) is 6.51. The summed E-state index contributed by atoms with van der Waals surface area (Å²) in [5.74, 6) is 0.0331. The van der Waals surface area contributed by atoms with Gasteiger partial charge in [0, 0.05) is 26.1 Å². The molecule has 0 aliphatic carbocycles. The predicted molar refractivity (Wildman–Crippen MR) is 60.0 cm³/mol. The quantitative estimate of drug-likeness (QED) is 0.686. The molecule has 0 bridgehead atoms. The van der Waals surface area contributed by atoms with E-state index in [0.29, 0.717) is 13.1 Å². The lowest BCUT2D eigenvalue weighted by molar-refractivity contribution is -0.130. The molecule has 0 fully saturated rings. The Morgan fingerprint density at radius 2 is 1.73 bits per heavy atom. The van der Waals surface area contributed by atoms with Gasteiger partial charge in [-0.1, -0.05) is 0 Å². The van der Waals surface area contributed by atoms with Crippen molar-refractivity contribution in [1.29, 1.82) is 0 Å². The molecule has 0 heterocycles. The Labute approximate surface area is 91.9 Å². The number of nitrogens with zero attached hydrogens (tertiary/aromatic N) is 1. The van der Waals surface area contributed by atoms with E-state index in [1.54, 1.807) is 11.8 Å². The van der Waals surface area contributed by atoms with Crippen LogP contribution < -0.4 is 4.72 Å². The summed E-state index contributed by atoms with van der Waals surface area (Å²) in [6.45, 7) is 6.88. The Morgan fingerprint density at radius 3 is 2.13 bits per heavy atom. The van der Waals surface area contributed by atoms with Gasteiger partial charge in [-0.15, -0.1) is 0 Å². The summed E-state index contributed by atoms with van der Waals surface area (Å²) in [6, 6.07) is 0. The lowest BCUT2D eigenvalue weighted by Crippen LogP contribution is -2.34. The monoisotopic (exact) mass is 236 g/mol. The van der Waals surface area contributed by atoms with E-state index in [1.807, 2.05) is 13.8 Å². The SMILES string of the molecule is CCN(CC)C(=O)CCNS(=O)(=O)CC. The minimum Gasteiger partial charge on any atom is -0.343 e. The lowest BCUT2D eigenvalue weighted by atomic mass is 10.3. The molecule has 6 heteroatoms. The Morgan fingerprint density at radius 1 is 1.20 bits per heavy atom. The molecule has 0 radical (unpaired) electrons. The maximum Gasteiger partial charge on any atom is 0.223 e. The average Bonchev–Trinajstić information content (AvgIpc) is 2.19. The third kappa shape index (κ3) is 5.74. The van der Waals surface area contributed by atoms with Crippen LogP contribution in [0.1, 0.15) is 27.2 Å². The van der Waals surface area contributed by atoms with E-state index in [4.69, 9.17) is 0 Å². The third-order valence-electron chi connectivity index (χ3n) is 2.16. The van der Waals surface area contributed by atoms with Gasteiger partial charge < -0.3 is 4.90 Å². The van der Waals surface area contributed by atoms with Crippen LogP contribution in [0.4, 0.5) is 0 Å². The van der Waals surface area contributed by atoms with Crippen LogP contribution in [0.3, 0.4) is 0 Å². The maximum atomic E-state index is 11.5. The molecular weight excluding hydrogens is 216 g/mol. The smallest absolute Gasteiger partial charge is 0.223 e. The molecule has 0 atom stereocenters. The van der Waals surface area contributed by atoms with Gasteiger partial charge in [0.2, 0.25) is 15.9 Å². The number of hydrogen-bond donors (Lipinski definition) is 1. The van der Waals surface area contributed by atoms with E-state index < -0.39 is 10.0 Å². The molecule has 0 aromatic heterocycles. The van der Waals surface area contributed by atoms with Crippen LogP contribution in [0, 0.1) is 0 Å². The molecule has 0 spiro atoms. The van der Waals surface area contributed by atoms with Gasteiger partial charge in [0.1, 0.15) is 0 Å². The fourth-order valence-corrected chi connectivity index (χ4v) is 1.77. The van der Waals surface area contributed by atoms with Gasteiger partial charge in [0.05, 0.1) is 5.75 Å². The average molecular weight is 236 g/mol. The van der Waals surface area contributed by atoms with Gasteiger partial charge in [0.25, 0.3) is 0 Å². The van der Waals surface area contributed by atoms with Crippen molar-refractivity contribution in [2.75, 3.05) is 25.4 Å². The molecule has 5 nitrogen and oxygen atoms in total. The molecule has 1 amide bonds.